The maximum absolute atomic E-state index is 12.5. The molecule has 25 heavy (non-hydrogen) atoms. The first kappa shape index (κ1) is 17.7. The molecule has 0 unspecified atom stereocenters. The lowest BCUT2D eigenvalue weighted by molar-refractivity contribution is -0.122. The van der Waals surface area contributed by atoms with Crippen LogP contribution >= 0.6 is 0 Å². The van der Waals surface area contributed by atoms with Crippen molar-refractivity contribution in [3.63, 3.8) is 0 Å². The van der Waals surface area contributed by atoms with Crippen LogP contribution < -0.4 is 15.4 Å². The molecule has 0 saturated heterocycles. The van der Waals surface area contributed by atoms with Crippen molar-refractivity contribution in [2.45, 2.75) is 51.7 Å². The molecule has 1 heterocycles. The van der Waals surface area contributed by atoms with E-state index in [9.17, 15) is 9.59 Å². The predicted octanol–water partition coefficient (Wildman–Crippen LogP) is 2.73. The summed E-state index contributed by atoms with van der Waals surface area (Å²) < 4.78 is 11.5. The topological polar surface area (TPSA) is 76.7 Å². The Hall–Kier alpha value is -2.08. The molecular formula is C19H26N2O4. The van der Waals surface area contributed by atoms with Gasteiger partial charge in [0, 0.05) is 6.54 Å². The lowest BCUT2D eigenvalue weighted by atomic mass is 9.88. The van der Waals surface area contributed by atoms with E-state index in [1.165, 1.54) is 19.3 Å². The summed E-state index contributed by atoms with van der Waals surface area (Å²) in [5, 5.41) is 5.62. The van der Waals surface area contributed by atoms with Crippen molar-refractivity contribution in [2.24, 2.45) is 5.92 Å². The minimum absolute atomic E-state index is 0.208. The van der Waals surface area contributed by atoms with Gasteiger partial charge >= 0.3 is 0 Å². The van der Waals surface area contributed by atoms with E-state index >= 15 is 0 Å². The largest absolute Gasteiger partial charge is 0.478 e. The van der Waals surface area contributed by atoms with Gasteiger partial charge in [0.1, 0.15) is 0 Å². The van der Waals surface area contributed by atoms with Crippen LogP contribution in [0.4, 0.5) is 5.69 Å². The van der Waals surface area contributed by atoms with Crippen molar-refractivity contribution < 1.29 is 19.1 Å². The second kappa shape index (κ2) is 7.87. The molecule has 6 nitrogen and oxygen atoms in total. The van der Waals surface area contributed by atoms with Crippen LogP contribution in [0.5, 0.6) is 5.75 Å². The number of carbonyl (C=O) groups excluding carboxylic acids is 2. The monoisotopic (exact) mass is 346 g/mol. The minimum atomic E-state index is -0.613. The van der Waals surface area contributed by atoms with Gasteiger partial charge in [-0.3, -0.25) is 9.59 Å². The number of amides is 2. The van der Waals surface area contributed by atoms with Gasteiger partial charge in [-0.15, -0.1) is 0 Å². The first-order chi connectivity index (χ1) is 12.1. The van der Waals surface area contributed by atoms with Crippen LogP contribution in [0, 0.1) is 5.92 Å². The molecule has 1 aromatic rings. The Labute approximate surface area is 148 Å². The van der Waals surface area contributed by atoms with Gasteiger partial charge in [-0.2, -0.15) is 0 Å². The SMILES string of the molecule is C[C@@H]1Oc2c(cccc2C(=O)NCCO[C@H]2CCCC[C@@H]2C)NC1=O. The van der Waals surface area contributed by atoms with Crippen LogP contribution in [0.1, 0.15) is 49.9 Å². The van der Waals surface area contributed by atoms with Crippen LogP contribution in [-0.2, 0) is 9.53 Å². The van der Waals surface area contributed by atoms with Gasteiger partial charge in [0.15, 0.2) is 11.9 Å². The zero-order chi connectivity index (χ0) is 17.8. The first-order valence-electron chi connectivity index (χ1n) is 9.06. The molecule has 2 aliphatic rings. The average molecular weight is 346 g/mol. The molecule has 136 valence electrons. The zero-order valence-corrected chi connectivity index (χ0v) is 14.8. The summed E-state index contributed by atoms with van der Waals surface area (Å²) in [5.74, 6) is 0.582. The summed E-state index contributed by atoms with van der Waals surface area (Å²) in [4.78, 5) is 24.1. The van der Waals surface area contributed by atoms with Gasteiger partial charge in [0.25, 0.3) is 11.8 Å². The average Bonchev–Trinajstić information content (AvgIpc) is 2.60. The number of nitrogens with one attached hydrogen (secondary N) is 2. The van der Waals surface area contributed by atoms with Crippen molar-refractivity contribution >= 4 is 17.5 Å². The summed E-state index contributed by atoms with van der Waals surface area (Å²) in [6.07, 6.45) is 4.51. The molecule has 0 aromatic heterocycles. The third-order valence-electron chi connectivity index (χ3n) is 4.93. The minimum Gasteiger partial charge on any atom is -0.478 e. The van der Waals surface area contributed by atoms with Crippen LogP contribution in [-0.4, -0.2) is 37.2 Å². The van der Waals surface area contributed by atoms with Crippen LogP contribution in [0.25, 0.3) is 0 Å². The van der Waals surface area contributed by atoms with E-state index in [0.29, 0.717) is 42.2 Å². The van der Waals surface area contributed by atoms with Crippen molar-refractivity contribution in [1.82, 2.24) is 5.32 Å². The van der Waals surface area contributed by atoms with E-state index in [0.717, 1.165) is 6.42 Å². The van der Waals surface area contributed by atoms with E-state index in [1.807, 2.05) is 0 Å². The Balaban J connectivity index is 1.54. The molecule has 6 heteroatoms. The fraction of sp³-hybridized carbons (Fsp3) is 0.579. The maximum Gasteiger partial charge on any atom is 0.265 e. The molecule has 0 bridgehead atoms. The number of ether oxygens (including phenoxy) is 2. The summed E-state index contributed by atoms with van der Waals surface area (Å²) in [7, 11) is 0. The lowest BCUT2D eigenvalue weighted by Gasteiger charge is -2.28. The highest BCUT2D eigenvalue weighted by Gasteiger charge is 2.27. The standard InChI is InChI=1S/C19H26N2O4/c1-12-6-3-4-9-16(12)24-11-10-20-19(23)14-7-5-8-15-17(14)25-13(2)18(22)21-15/h5,7-8,12-13,16H,3-4,6,9-11H2,1-2H3,(H,20,23)(H,21,22)/t12-,13-,16-/m0/s1. The summed E-state index contributed by atoms with van der Waals surface area (Å²) in [6.45, 7) is 4.84. The Morgan fingerprint density at radius 2 is 2.12 bits per heavy atom. The van der Waals surface area contributed by atoms with Crippen molar-refractivity contribution in [3.05, 3.63) is 23.8 Å². The van der Waals surface area contributed by atoms with E-state index in [4.69, 9.17) is 9.47 Å². The molecule has 0 radical (unpaired) electrons. The molecule has 2 N–H and O–H groups in total. The number of anilines is 1. The van der Waals surface area contributed by atoms with Crippen LogP contribution in [0.15, 0.2) is 18.2 Å². The van der Waals surface area contributed by atoms with Gasteiger partial charge in [-0.25, -0.2) is 0 Å². The maximum atomic E-state index is 12.5. The number of hydrogen-bond donors (Lipinski definition) is 2. The molecule has 1 aromatic carbocycles. The van der Waals surface area contributed by atoms with Crippen molar-refractivity contribution in [3.8, 4) is 5.75 Å². The smallest absolute Gasteiger partial charge is 0.265 e. The summed E-state index contributed by atoms with van der Waals surface area (Å²) in [6, 6.07) is 5.15. The lowest BCUT2D eigenvalue weighted by Crippen LogP contribution is -2.36. The predicted molar refractivity (Wildman–Crippen MR) is 94.9 cm³/mol. The summed E-state index contributed by atoms with van der Waals surface area (Å²) >= 11 is 0. The highest BCUT2D eigenvalue weighted by Crippen LogP contribution is 2.33. The van der Waals surface area contributed by atoms with Crippen LogP contribution in [0.2, 0.25) is 0 Å². The fourth-order valence-corrected chi connectivity index (χ4v) is 3.41. The Morgan fingerprint density at radius 3 is 2.92 bits per heavy atom. The molecule has 3 atom stereocenters. The number of benzene rings is 1. The van der Waals surface area contributed by atoms with E-state index in [2.05, 4.69) is 17.6 Å². The molecule has 3 rings (SSSR count). The van der Waals surface area contributed by atoms with Gasteiger partial charge in [0.05, 0.1) is 24.0 Å². The van der Waals surface area contributed by atoms with Gasteiger partial charge < -0.3 is 20.1 Å². The molecule has 1 fully saturated rings. The van der Waals surface area contributed by atoms with E-state index in [-0.39, 0.29) is 11.8 Å². The zero-order valence-electron chi connectivity index (χ0n) is 14.8. The van der Waals surface area contributed by atoms with Crippen molar-refractivity contribution in [1.29, 1.82) is 0 Å². The molecule has 0 spiro atoms. The highest BCUT2D eigenvalue weighted by molar-refractivity contribution is 6.03. The number of hydrogen-bond acceptors (Lipinski definition) is 4. The molecular weight excluding hydrogens is 320 g/mol. The molecule has 1 aliphatic carbocycles. The number of fused-ring (bicyclic) bond motifs is 1. The Morgan fingerprint density at radius 1 is 1.32 bits per heavy atom. The highest BCUT2D eigenvalue weighted by atomic mass is 16.5. The third-order valence-corrected chi connectivity index (χ3v) is 4.93. The number of rotatable bonds is 5. The third kappa shape index (κ3) is 4.12. The van der Waals surface area contributed by atoms with Crippen molar-refractivity contribution in [2.75, 3.05) is 18.5 Å². The van der Waals surface area contributed by atoms with Gasteiger partial charge in [0.2, 0.25) is 0 Å². The van der Waals surface area contributed by atoms with E-state index < -0.39 is 6.10 Å². The molecule has 1 saturated carbocycles. The summed E-state index contributed by atoms with van der Waals surface area (Å²) in [5.41, 5.74) is 0.957. The number of carbonyl (C=O) groups is 2. The second-order valence-corrected chi connectivity index (χ2v) is 6.86. The van der Waals surface area contributed by atoms with Gasteiger partial charge in [-0.05, 0) is 37.8 Å². The number of para-hydroxylation sites is 1. The van der Waals surface area contributed by atoms with Gasteiger partial charge in [-0.1, -0.05) is 25.8 Å². The quantitative estimate of drug-likeness (QED) is 0.804. The molecule has 1 aliphatic heterocycles. The first-order valence-corrected chi connectivity index (χ1v) is 9.06. The van der Waals surface area contributed by atoms with E-state index in [1.54, 1.807) is 25.1 Å². The Kier molecular flexibility index (Phi) is 5.58. The normalized spacial score (nSPS) is 25.5. The Bertz CT molecular complexity index is 646. The molecule has 2 amide bonds. The van der Waals surface area contributed by atoms with Crippen LogP contribution in [0.3, 0.4) is 0 Å². The fourth-order valence-electron chi connectivity index (χ4n) is 3.41. The second-order valence-electron chi connectivity index (χ2n) is 6.86.